The van der Waals surface area contributed by atoms with Gasteiger partial charge >= 0.3 is 5.97 Å². The molecular weight excluding hydrogens is 420 g/mol. The zero-order chi connectivity index (χ0) is 24.6. The number of esters is 1. The first-order valence-electron chi connectivity index (χ1n) is 11.4. The fraction of sp³-hybridized carbons (Fsp3) is 0.500. The lowest BCUT2D eigenvalue weighted by Crippen LogP contribution is -2.41. The third-order valence-corrected chi connectivity index (χ3v) is 5.19. The van der Waals surface area contributed by atoms with Gasteiger partial charge in [-0.15, -0.1) is 13.2 Å². The molecular formula is C26H38N2O5. The highest BCUT2D eigenvalue weighted by atomic mass is 16.5. The van der Waals surface area contributed by atoms with Crippen molar-refractivity contribution in [1.82, 2.24) is 10.6 Å². The largest absolute Gasteiger partial charge is 0.461 e. The van der Waals surface area contributed by atoms with Crippen molar-refractivity contribution >= 4 is 17.8 Å². The Balaban J connectivity index is 2.60. The van der Waals surface area contributed by atoms with E-state index in [1.807, 2.05) is 30.3 Å². The molecule has 1 aromatic carbocycles. The maximum Gasteiger partial charge on any atom is 0.309 e. The number of aliphatic hydroxyl groups is 1. The molecule has 0 unspecified atom stereocenters. The van der Waals surface area contributed by atoms with Crippen LogP contribution >= 0.6 is 0 Å². The van der Waals surface area contributed by atoms with Gasteiger partial charge in [-0.1, -0.05) is 42.5 Å². The van der Waals surface area contributed by atoms with E-state index in [-0.39, 0.29) is 49.3 Å². The zero-order valence-corrected chi connectivity index (χ0v) is 19.8. The maximum absolute atomic E-state index is 12.8. The molecule has 0 bridgehead atoms. The molecule has 0 radical (unpaired) electrons. The molecule has 0 saturated carbocycles. The summed E-state index contributed by atoms with van der Waals surface area (Å²) in [7, 11) is 0. The summed E-state index contributed by atoms with van der Waals surface area (Å²) in [5, 5.41) is 14.5. The van der Waals surface area contributed by atoms with Gasteiger partial charge in [0.25, 0.3) is 0 Å². The van der Waals surface area contributed by atoms with E-state index in [0.717, 1.165) is 5.56 Å². The molecule has 7 nitrogen and oxygen atoms in total. The number of hydrogen-bond acceptors (Lipinski definition) is 5. The standard InChI is InChI=1S/C26H38N2O5/c1-5-7-14-23(15-21-12-9-8-10-13-21)26(32)33-20(4)17-27-25(31)22(11-6-2)16-24(30)28-19(3)18-29/h5-6,8-10,12-13,19-20,22-23,29H,1-2,7,11,14-18H2,3-4H3,(H,27,31)(H,28,30)/t19-,20+,22-,23-/m1/s1. The Morgan fingerprint density at radius 3 is 2.39 bits per heavy atom. The molecule has 0 aromatic heterocycles. The molecule has 7 heteroatoms. The van der Waals surface area contributed by atoms with E-state index < -0.39 is 12.0 Å². The SMILES string of the molecule is C=CCC[C@H](Cc1ccccc1)C(=O)O[C@@H](C)CNC(=O)[C@H](CC=C)CC(=O)N[C@H](C)CO. The summed E-state index contributed by atoms with van der Waals surface area (Å²) in [6.45, 7) is 10.8. The van der Waals surface area contributed by atoms with Gasteiger partial charge in [0, 0.05) is 12.5 Å². The summed E-state index contributed by atoms with van der Waals surface area (Å²) in [6, 6.07) is 9.39. The number of rotatable bonds is 16. The van der Waals surface area contributed by atoms with E-state index in [1.165, 1.54) is 0 Å². The van der Waals surface area contributed by atoms with Gasteiger partial charge in [-0.2, -0.15) is 0 Å². The molecule has 0 aliphatic heterocycles. The Hall–Kier alpha value is -2.93. The summed E-state index contributed by atoms with van der Waals surface area (Å²) in [6.07, 6.45) is 5.10. The highest BCUT2D eigenvalue weighted by Gasteiger charge is 2.24. The van der Waals surface area contributed by atoms with Crippen LogP contribution in [0.5, 0.6) is 0 Å². The van der Waals surface area contributed by atoms with Crippen LogP contribution in [-0.4, -0.2) is 48.2 Å². The summed E-state index contributed by atoms with van der Waals surface area (Å²) in [5.41, 5.74) is 1.06. The minimum absolute atomic E-state index is 0.0168. The lowest BCUT2D eigenvalue weighted by Gasteiger charge is -2.21. The van der Waals surface area contributed by atoms with E-state index in [2.05, 4.69) is 23.8 Å². The highest BCUT2D eigenvalue weighted by Crippen LogP contribution is 2.17. The number of amides is 2. The Morgan fingerprint density at radius 1 is 1.09 bits per heavy atom. The van der Waals surface area contributed by atoms with Crippen LogP contribution in [0.15, 0.2) is 55.6 Å². The average molecular weight is 459 g/mol. The molecule has 0 aliphatic rings. The monoisotopic (exact) mass is 458 g/mol. The Kier molecular flexibility index (Phi) is 13.5. The highest BCUT2D eigenvalue weighted by molar-refractivity contribution is 5.86. The Labute approximate surface area is 197 Å². The lowest BCUT2D eigenvalue weighted by molar-refractivity contribution is -0.153. The van der Waals surface area contributed by atoms with Crippen molar-refractivity contribution < 1.29 is 24.2 Å². The van der Waals surface area contributed by atoms with Gasteiger partial charge in [0.15, 0.2) is 0 Å². The third-order valence-electron chi connectivity index (χ3n) is 5.19. The summed E-state index contributed by atoms with van der Waals surface area (Å²) < 4.78 is 5.60. The minimum Gasteiger partial charge on any atom is -0.461 e. The van der Waals surface area contributed by atoms with Crippen LogP contribution in [0, 0.1) is 11.8 Å². The van der Waals surface area contributed by atoms with Crippen molar-refractivity contribution in [1.29, 1.82) is 0 Å². The number of carbonyl (C=O) groups is 3. The second-order valence-electron chi connectivity index (χ2n) is 8.32. The fourth-order valence-corrected chi connectivity index (χ4v) is 3.33. The molecule has 33 heavy (non-hydrogen) atoms. The third kappa shape index (κ3) is 11.5. The smallest absolute Gasteiger partial charge is 0.309 e. The summed E-state index contributed by atoms with van der Waals surface area (Å²) in [5.74, 6) is -1.81. The van der Waals surface area contributed by atoms with E-state index >= 15 is 0 Å². The van der Waals surface area contributed by atoms with Crippen LogP contribution in [0.2, 0.25) is 0 Å². The topological polar surface area (TPSA) is 105 Å². The van der Waals surface area contributed by atoms with Gasteiger partial charge in [0.05, 0.1) is 25.0 Å². The molecule has 4 atom stereocenters. The first kappa shape index (κ1) is 28.1. The van der Waals surface area contributed by atoms with Gasteiger partial charge in [0.1, 0.15) is 6.10 Å². The molecule has 0 spiro atoms. The summed E-state index contributed by atoms with van der Waals surface area (Å²) in [4.78, 5) is 37.4. The van der Waals surface area contributed by atoms with E-state index in [9.17, 15) is 14.4 Å². The molecule has 0 aliphatic carbocycles. The predicted molar refractivity (Wildman–Crippen MR) is 129 cm³/mol. The van der Waals surface area contributed by atoms with Gasteiger partial charge in [-0.05, 0) is 45.1 Å². The van der Waals surface area contributed by atoms with Crippen molar-refractivity contribution in [3.8, 4) is 0 Å². The first-order valence-corrected chi connectivity index (χ1v) is 11.4. The quantitative estimate of drug-likeness (QED) is 0.261. The molecule has 1 rings (SSSR count). The summed E-state index contributed by atoms with van der Waals surface area (Å²) >= 11 is 0. The number of hydrogen-bond donors (Lipinski definition) is 3. The van der Waals surface area contributed by atoms with Crippen LogP contribution in [-0.2, 0) is 25.5 Å². The number of allylic oxidation sites excluding steroid dienone is 2. The van der Waals surface area contributed by atoms with E-state index in [1.54, 1.807) is 26.0 Å². The maximum atomic E-state index is 12.8. The van der Waals surface area contributed by atoms with Gasteiger partial charge < -0.3 is 20.5 Å². The van der Waals surface area contributed by atoms with Crippen LogP contribution < -0.4 is 10.6 Å². The minimum atomic E-state index is -0.588. The number of nitrogens with one attached hydrogen (secondary N) is 2. The van der Waals surface area contributed by atoms with E-state index in [0.29, 0.717) is 25.7 Å². The van der Waals surface area contributed by atoms with Crippen LogP contribution in [0.3, 0.4) is 0 Å². The molecule has 1 aromatic rings. The molecule has 3 N–H and O–H groups in total. The second-order valence-corrected chi connectivity index (χ2v) is 8.32. The number of aliphatic hydroxyl groups excluding tert-OH is 1. The normalized spacial score (nSPS) is 14.3. The molecule has 182 valence electrons. The van der Waals surface area contributed by atoms with Crippen LogP contribution in [0.1, 0.15) is 45.1 Å². The lowest BCUT2D eigenvalue weighted by atomic mass is 9.95. The van der Waals surface area contributed by atoms with Crippen molar-refractivity contribution in [2.45, 2.75) is 58.1 Å². The number of carbonyl (C=O) groups excluding carboxylic acids is 3. The van der Waals surface area contributed by atoms with Crippen molar-refractivity contribution in [3.05, 3.63) is 61.2 Å². The van der Waals surface area contributed by atoms with Crippen LogP contribution in [0.25, 0.3) is 0 Å². The molecule has 2 amide bonds. The molecule has 0 heterocycles. The van der Waals surface area contributed by atoms with Gasteiger partial charge in [0.2, 0.25) is 11.8 Å². The average Bonchev–Trinajstić information content (AvgIpc) is 2.80. The molecule has 0 saturated heterocycles. The van der Waals surface area contributed by atoms with Crippen molar-refractivity contribution in [2.24, 2.45) is 11.8 Å². The van der Waals surface area contributed by atoms with E-state index in [4.69, 9.17) is 9.84 Å². The Bertz CT molecular complexity index is 765. The first-order chi connectivity index (χ1) is 15.8. The number of benzene rings is 1. The zero-order valence-electron chi connectivity index (χ0n) is 19.8. The Morgan fingerprint density at radius 2 is 1.79 bits per heavy atom. The van der Waals surface area contributed by atoms with Gasteiger partial charge in [-0.3, -0.25) is 14.4 Å². The second kappa shape index (κ2) is 15.8. The van der Waals surface area contributed by atoms with Gasteiger partial charge in [-0.25, -0.2) is 0 Å². The molecule has 0 fully saturated rings. The predicted octanol–water partition coefficient (Wildman–Crippen LogP) is 2.94. The fourth-order valence-electron chi connectivity index (χ4n) is 3.33. The van der Waals surface area contributed by atoms with Crippen molar-refractivity contribution in [3.63, 3.8) is 0 Å². The van der Waals surface area contributed by atoms with Crippen molar-refractivity contribution in [2.75, 3.05) is 13.2 Å². The van der Waals surface area contributed by atoms with Crippen LogP contribution in [0.4, 0.5) is 0 Å². The number of ether oxygens (including phenoxy) is 1.